The summed E-state index contributed by atoms with van der Waals surface area (Å²) < 4.78 is 0. The molecule has 0 bridgehead atoms. The summed E-state index contributed by atoms with van der Waals surface area (Å²) in [6, 6.07) is 10.5. The third-order valence-electron chi connectivity index (χ3n) is 4.54. The molecule has 0 saturated heterocycles. The van der Waals surface area contributed by atoms with Crippen molar-refractivity contribution in [2.45, 2.75) is 44.7 Å². The maximum Gasteiger partial charge on any atom is 0.236 e. The Hall–Kier alpha value is -1.39. The van der Waals surface area contributed by atoms with Gasteiger partial charge in [0.25, 0.3) is 0 Å². The quantitative estimate of drug-likeness (QED) is 0.840. The van der Waals surface area contributed by atoms with Crippen LogP contribution in [-0.4, -0.2) is 53.6 Å². The standard InChI is InChI=1S/C18H28N2O2/c1-19(17-10-6-3-7-11-17)18(22)15-20(12-13-21)14-16-8-4-2-5-9-16/h2,4-5,8-9,17,21H,3,6-7,10-15H2,1H3. The van der Waals surface area contributed by atoms with Crippen molar-refractivity contribution in [3.63, 3.8) is 0 Å². The molecule has 1 aromatic rings. The predicted molar refractivity (Wildman–Crippen MR) is 88.4 cm³/mol. The SMILES string of the molecule is CN(C(=O)CN(CCO)Cc1ccccc1)C1CCCCC1. The lowest BCUT2D eigenvalue weighted by Gasteiger charge is -2.33. The van der Waals surface area contributed by atoms with Crippen molar-refractivity contribution in [3.05, 3.63) is 35.9 Å². The van der Waals surface area contributed by atoms with Gasteiger partial charge in [-0.2, -0.15) is 0 Å². The lowest BCUT2D eigenvalue weighted by Crippen LogP contribution is -2.44. The summed E-state index contributed by atoms with van der Waals surface area (Å²) in [7, 11) is 1.93. The second-order valence-corrected chi connectivity index (χ2v) is 6.22. The first-order chi connectivity index (χ1) is 10.7. The van der Waals surface area contributed by atoms with Gasteiger partial charge in [-0.25, -0.2) is 0 Å². The summed E-state index contributed by atoms with van der Waals surface area (Å²) in [5.74, 6) is 0.163. The van der Waals surface area contributed by atoms with E-state index in [1.54, 1.807) is 0 Å². The molecule has 22 heavy (non-hydrogen) atoms. The minimum atomic E-state index is 0.0766. The van der Waals surface area contributed by atoms with Crippen molar-refractivity contribution in [2.24, 2.45) is 0 Å². The molecule has 1 aliphatic rings. The van der Waals surface area contributed by atoms with Crippen LogP contribution < -0.4 is 0 Å². The second-order valence-electron chi connectivity index (χ2n) is 6.22. The first-order valence-electron chi connectivity index (χ1n) is 8.33. The van der Waals surface area contributed by atoms with Gasteiger partial charge < -0.3 is 10.0 Å². The van der Waals surface area contributed by atoms with E-state index in [1.807, 2.05) is 35.0 Å². The Morgan fingerprint density at radius 1 is 1.18 bits per heavy atom. The maximum atomic E-state index is 12.5. The number of aliphatic hydroxyl groups excluding tert-OH is 1. The van der Waals surface area contributed by atoms with Crippen molar-refractivity contribution < 1.29 is 9.90 Å². The topological polar surface area (TPSA) is 43.8 Å². The van der Waals surface area contributed by atoms with Crippen molar-refractivity contribution in [3.8, 4) is 0 Å². The monoisotopic (exact) mass is 304 g/mol. The van der Waals surface area contributed by atoms with E-state index in [2.05, 4.69) is 12.1 Å². The number of amides is 1. The van der Waals surface area contributed by atoms with Crippen molar-refractivity contribution in [2.75, 3.05) is 26.7 Å². The zero-order valence-corrected chi connectivity index (χ0v) is 13.6. The average Bonchev–Trinajstić information content (AvgIpc) is 2.56. The van der Waals surface area contributed by atoms with E-state index < -0.39 is 0 Å². The molecule has 0 heterocycles. The molecule has 1 aliphatic carbocycles. The minimum Gasteiger partial charge on any atom is -0.395 e. The van der Waals surface area contributed by atoms with Crippen LogP contribution >= 0.6 is 0 Å². The molecular formula is C18H28N2O2. The van der Waals surface area contributed by atoms with Gasteiger partial charge in [-0.05, 0) is 18.4 Å². The molecule has 1 saturated carbocycles. The van der Waals surface area contributed by atoms with E-state index in [1.165, 1.54) is 24.8 Å². The highest BCUT2D eigenvalue weighted by atomic mass is 16.3. The van der Waals surface area contributed by atoms with Gasteiger partial charge in [0.15, 0.2) is 0 Å². The Balaban J connectivity index is 1.90. The second kappa shape index (κ2) is 8.91. The zero-order chi connectivity index (χ0) is 15.8. The minimum absolute atomic E-state index is 0.0766. The van der Waals surface area contributed by atoms with Crippen LogP contribution in [0.2, 0.25) is 0 Å². The van der Waals surface area contributed by atoms with Crippen LogP contribution in [0.15, 0.2) is 30.3 Å². The van der Waals surface area contributed by atoms with Gasteiger partial charge in [0, 0.05) is 26.2 Å². The molecule has 122 valence electrons. The Morgan fingerprint density at radius 2 is 1.86 bits per heavy atom. The largest absolute Gasteiger partial charge is 0.395 e. The first kappa shape index (κ1) is 17.0. The molecular weight excluding hydrogens is 276 g/mol. The van der Waals surface area contributed by atoms with E-state index in [4.69, 9.17) is 0 Å². The summed E-state index contributed by atoms with van der Waals surface area (Å²) in [4.78, 5) is 16.5. The molecule has 4 nitrogen and oxygen atoms in total. The normalized spacial score (nSPS) is 16.0. The number of hydrogen-bond donors (Lipinski definition) is 1. The van der Waals surface area contributed by atoms with Crippen molar-refractivity contribution >= 4 is 5.91 Å². The van der Waals surface area contributed by atoms with Gasteiger partial charge >= 0.3 is 0 Å². The third kappa shape index (κ3) is 5.11. The molecule has 2 rings (SSSR count). The molecule has 1 N–H and O–H groups in total. The molecule has 0 atom stereocenters. The summed E-state index contributed by atoms with van der Waals surface area (Å²) in [5, 5.41) is 9.25. The fourth-order valence-corrected chi connectivity index (χ4v) is 3.17. The smallest absolute Gasteiger partial charge is 0.236 e. The zero-order valence-electron chi connectivity index (χ0n) is 13.6. The molecule has 1 amide bonds. The van der Waals surface area contributed by atoms with Crippen LogP contribution in [0, 0.1) is 0 Å². The van der Waals surface area contributed by atoms with Crippen LogP contribution in [-0.2, 0) is 11.3 Å². The van der Waals surface area contributed by atoms with Gasteiger partial charge in [-0.1, -0.05) is 49.6 Å². The van der Waals surface area contributed by atoms with Crippen LogP contribution in [0.3, 0.4) is 0 Å². The molecule has 0 aromatic heterocycles. The van der Waals surface area contributed by atoms with Gasteiger partial charge in [-0.3, -0.25) is 9.69 Å². The highest BCUT2D eigenvalue weighted by Gasteiger charge is 2.23. The van der Waals surface area contributed by atoms with Gasteiger partial charge in [-0.15, -0.1) is 0 Å². The fraction of sp³-hybridized carbons (Fsp3) is 0.611. The number of benzene rings is 1. The molecule has 1 fully saturated rings. The molecule has 1 aromatic carbocycles. The summed E-state index contributed by atoms with van der Waals surface area (Å²) in [6.45, 7) is 1.68. The third-order valence-corrected chi connectivity index (χ3v) is 4.54. The highest BCUT2D eigenvalue weighted by molar-refractivity contribution is 5.78. The highest BCUT2D eigenvalue weighted by Crippen LogP contribution is 2.21. The Labute approximate surface area is 133 Å². The number of carbonyl (C=O) groups excluding carboxylic acids is 1. The predicted octanol–water partition coefficient (Wildman–Crippen LogP) is 2.27. The number of nitrogens with zero attached hydrogens (tertiary/aromatic N) is 2. The first-order valence-corrected chi connectivity index (χ1v) is 8.33. The van der Waals surface area contributed by atoms with E-state index in [0.717, 1.165) is 12.8 Å². The number of rotatable bonds is 7. The Kier molecular flexibility index (Phi) is 6.87. The van der Waals surface area contributed by atoms with Crippen LogP contribution in [0.4, 0.5) is 0 Å². The molecule has 4 heteroatoms. The van der Waals surface area contributed by atoms with E-state index in [-0.39, 0.29) is 12.5 Å². The number of likely N-dealkylation sites (N-methyl/N-ethyl adjacent to an activating group) is 1. The Morgan fingerprint density at radius 3 is 2.50 bits per heavy atom. The van der Waals surface area contributed by atoms with Crippen molar-refractivity contribution in [1.82, 2.24) is 9.80 Å². The van der Waals surface area contributed by atoms with Crippen LogP contribution in [0.5, 0.6) is 0 Å². The summed E-state index contributed by atoms with van der Waals surface area (Å²) in [5.41, 5.74) is 1.17. The summed E-state index contributed by atoms with van der Waals surface area (Å²) >= 11 is 0. The summed E-state index contributed by atoms with van der Waals surface area (Å²) in [6.07, 6.45) is 6.00. The van der Waals surface area contributed by atoms with E-state index in [0.29, 0.717) is 25.7 Å². The molecule has 0 spiro atoms. The fourth-order valence-electron chi connectivity index (χ4n) is 3.17. The van der Waals surface area contributed by atoms with Crippen LogP contribution in [0.1, 0.15) is 37.7 Å². The molecule has 0 aliphatic heterocycles. The lowest BCUT2D eigenvalue weighted by molar-refractivity contribution is -0.134. The van der Waals surface area contributed by atoms with Gasteiger partial charge in [0.1, 0.15) is 0 Å². The number of aliphatic hydroxyl groups is 1. The van der Waals surface area contributed by atoms with Crippen LogP contribution in [0.25, 0.3) is 0 Å². The van der Waals surface area contributed by atoms with E-state index >= 15 is 0 Å². The van der Waals surface area contributed by atoms with Gasteiger partial charge in [0.2, 0.25) is 5.91 Å². The van der Waals surface area contributed by atoms with Crippen molar-refractivity contribution in [1.29, 1.82) is 0 Å². The maximum absolute atomic E-state index is 12.5. The number of hydrogen-bond acceptors (Lipinski definition) is 3. The molecule has 0 radical (unpaired) electrons. The number of carbonyl (C=O) groups is 1. The van der Waals surface area contributed by atoms with Gasteiger partial charge in [0.05, 0.1) is 13.2 Å². The average molecular weight is 304 g/mol. The molecule has 0 unspecified atom stereocenters. The Bertz CT molecular complexity index is 444. The lowest BCUT2D eigenvalue weighted by atomic mass is 9.94. The van der Waals surface area contributed by atoms with E-state index in [9.17, 15) is 9.90 Å².